The molecule has 6 heteroatoms. The third kappa shape index (κ3) is 5.15. The Morgan fingerprint density at radius 1 is 1.21 bits per heavy atom. The highest BCUT2D eigenvalue weighted by atomic mass is 35.5. The van der Waals surface area contributed by atoms with E-state index in [0.29, 0.717) is 24.1 Å². The summed E-state index contributed by atoms with van der Waals surface area (Å²) in [5.74, 6) is 0.878. The van der Waals surface area contributed by atoms with E-state index in [-0.39, 0.29) is 29.9 Å². The molecule has 0 spiro atoms. The number of carbonyl (C=O) groups excluding carboxylic acids is 1. The minimum Gasteiger partial charge on any atom is -0.349 e. The van der Waals surface area contributed by atoms with Crippen LogP contribution in [0.15, 0.2) is 30.3 Å². The number of nitrogens with two attached hydrogens (primary N) is 1. The zero-order valence-electron chi connectivity index (χ0n) is 17.5. The van der Waals surface area contributed by atoms with Crippen molar-refractivity contribution < 1.29 is 4.79 Å². The van der Waals surface area contributed by atoms with Gasteiger partial charge in [-0.2, -0.15) is 5.10 Å². The first-order valence-corrected chi connectivity index (χ1v) is 9.91. The van der Waals surface area contributed by atoms with Gasteiger partial charge in [0.1, 0.15) is 5.69 Å². The lowest BCUT2D eigenvalue weighted by Gasteiger charge is -2.22. The van der Waals surface area contributed by atoms with E-state index in [1.165, 1.54) is 24.1 Å². The van der Waals surface area contributed by atoms with Crippen LogP contribution in [0.3, 0.4) is 0 Å². The average Bonchev–Trinajstić information content (AvgIpc) is 3.36. The summed E-state index contributed by atoms with van der Waals surface area (Å²) in [7, 11) is 0. The fourth-order valence-corrected chi connectivity index (χ4v) is 3.25. The third-order valence-electron chi connectivity index (χ3n) is 5.11. The Morgan fingerprint density at radius 3 is 2.29 bits per heavy atom. The SMILES string of the molecule is CC(C)c1ccc(C(N)CNC(=O)c2cc(C3CC3)n(C(C)(C)C)n2)cc1.Cl. The van der Waals surface area contributed by atoms with Gasteiger partial charge in [0, 0.05) is 24.2 Å². The molecule has 1 heterocycles. The number of amides is 1. The van der Waals surface area contributed by atoms with E-state index in [1.807, 2.05) is 22.9 Å². The number of hydrogen-bond donors (Lipinski definition) is 2. The number of benzene rings is 1. The summed E-state index contributed by atoms with van der Waals surface area (Å²) < 4.78 is 2.00. The van der Waals surface area contributed by atoms with Crippen molar-refractivity contribution in [1.82, 2.24) is 15.1 Å². The molecule has 0 saturated heterocycles. The highest BCUT2D eigenvalue weighted by molar-refractivity contribution is 5.92. The first-order valence-electron chi connectivity index (χ1n) is 9.91. The molecule has 0 bridgehead atoms. The Kier molecular flexibility index (Phi) is 6.94. The van der Waals surface area contributed by atoms with E-state index < -0.39 is 0 Å². The van der Waals surface area contributed by atoms with Crippen molar-refractivity contribution in [1.29, 1.82) is 0 Å². The number of nitrogens with one attached hydrogen (secondary N) is 1. The Labute approximate surface area is 174 Å². The van der Waals surface area contributed by atoms with Crippen molar-refractivity contribution >= 4 is 18.3 Å². The second kappa shape index (κ2) is 8.66. The standard InChI is InChI=1S/C22H32N4O.ClH/c1-14(2)15-6-8-16(9-7-15)18(23)13-24-21(27)19-12-20(17-10-11-17)26(25-19)22(3,4)5;/h6-9,12,14,17-18H,10-11,13,23H2,1-5H3,(H,24,27);1H. The second-order valence-electron chi connectivity index (χ2n) is 8.95. The lowest BCUT2D eigenvalue weighted by atomic mass is 9.99. The molecule has 154 valence electrons. The summed E-state index contributed by atoms with van der Waals surface area (Å²) in [6.45, 7) is 11.1. The Balaban J connectivity index is 0.00000280. The first-order chi connectivity index (χ1) is 12.7. The monoisotopic (exact) mass is 404 g/mol. The minimum atomic E-state index is -0.234. The maximum absolute atomic E-state index is 12.6. The van der Waals surface area contributed by atoms with E-state index >= 15 is 0 Å². The first kappa shape index (κ1) is 22.4. The van der Waals surface area contributed by atoms with Crippen LogP contribution in [0.1, 0.15) is 92.6 Å². The van der Waals surface area contributed by atoms with Crippen LogP contribution in [0.2, 0.25) is 0 Å². The van der Waals surface area contributed by atoms with Gasteiger partial charge in [-0.25, -0.2) is 0 Å². The van der Waals surface area contributed by atoms with Crippen LogP contribution >= 0.6 is 12.4 Å². The maximum atomic E-state index is 12.6. The van der Waals surface area contributed by atoms with E-state index in [9.17, 15) is 4.79 Å². The molecule has 0 aliphatic heterocycles. The van der Waals surface area contributed by atoms with Gasteiger partial charge in [0.15, 0.2) is 0 Å². The molecule has 1 aliphatic carbocycles. The van der Waals surface area contributed by atoms with Crippen LogP contribution in [0.4, 0.5) is 0 Å². The number of nitrogens with zero attached hydrogens (tertiary/aromatic N) is 2. The Bertz CT molecular complexity index is 801. The van der Waals surface area contributed by atoms with Gasteiger partial charge in [-0.05, 0) is 56.7 Å². The number of halogens is 1. The molecule has 3 N–H and O–H groups in total. The topological polar surface area (TPSA) is 72.9 Å². The summed E-state index contributed by atoms with van der Waals surface area (Å²) in [6.07, 6.45) is 2.36. The summed E-state index contributed by atoms with van der Waals surface area (Å²) >= 11 is 0. The summed E-state index contributed by atoms with van der Waals surface area (Å²) in [5.41, 5.74) is 10.1. The van der Waals surface area contributed by atoms with Crippen LogP contribution in [0, 0.1) is 0 Å². The van der Waals surface area contributed by atoms with Crippen molar-refractivity contribution in [3.8, 4) is 0 Å². The van der Waals surface area contributed by atoms with Crippen LogP contribution in [-0.4, -0.2) is 22.2 Å². The smallest absolute Gasteiger partial charge is 0.271 e. The third-order valence-corrected chi connectivity index (χ3v) is 5.11. The molecule has 1 amide bonds. The fraction of sp³-hybridized carbons (Fsp3) is 0.545. The molecule has 1 saturated carbocycles. The van der Waals surface area contributed by atoms with E-state index in [2.05, 4.69) is 57.2 Å². The van der Waals surface area contributed by atoms with Crippen molar-refractivity contribution in [3.05, 3.63) is 52.8 Å². The van der Waals surface area contributed by atoms with Gasteiger partial charge in [-0.15, -0.1) is 12.4 Å². The summed E-state index contributed by atoms with van der Waals surface area (Å²) in [6, 6.07) is 10.0. The van der Waals surface area contributed by atoms with Crippen LogP contribution in [-0.2, 0) is 5.54 Å². The van der Waals surface area contributed by atoms with E-state index in [4.69, 9.17) is 5.73 Å². The molecule has 1 atom stereocenters. The quantitative estimate of drug-likeness (QED) is 0.744. The van der Waals surface area contributed by atoms with Crippen LogP contribution in [0.25, 0.3) is 0 Å². The normalized spacial score (nSPS) is 15.2. The predicted octanol–water partition coefficient (Wildman–Crippen LogP) is 4.49. The van der Waals surface area contributed by atoms with Crippen molar-refractivity contribution in [2.45, 2.75) is 70.9 Å². The van der Waals surface area contributed by atoms with E-state index in [0.717, 1.165) is 5.56 Å². The van der Waals surface area contributed by atoms with Gasteiger partial charge in [0.05, 0.1) is 5.54 Å². The summed E-state index contributed by atoms with van der Waals surface area (Å²) in [4.78, 5) is 12.6. The van der Waals surface area contributed by atoms with Gasteiger partial charge in [-0.1, -0.05) is 38.1 Å². The lowest BCUT2D eigenvalue weighted by Crippen LogP contribution is -2.32. The van der Waals surface area contributed by atoms with Gasteiger partial charge in [0.2, 0.25) is 0 Å². The number of rotatable bonds is 6. The van der Waals surface area contributed by atoms with Crippen LogP contribution in [0.5, 0.6) is 0 Å². The van der Waals surface area contributed by atoms with Crippen molar-refractivity contribution in [2.24, 2.45) is 5.73 Å². The average molecular weight is 405 g/mol. The zero-order valence-corrected chi connectivity index (χ0v) is 18.3. The second-order valence-corrected chi connectivity index (χ2v) is 8.95. The highest BCUT2D eigenvalue weighted by Gasteiger charge is 2.32. The Hall–Kier alpha value is -1.85. The molecule has 1 fully saturated rings. The molecule has 5 nitrogen and oxygen atoms in total. The molecule has 1 aromatic carbocycles. The van der Waals surface area contributed by atoms with Gasteiger partial charge < -0.3 is 11.1 Å². The maximum Gasteiger partial charge on any atom is 0.271 e. The predicted molar refractivity (Wildman–Crippen MR) is 116 cm³/mol. The number of carbonyl (C=O) groups is 1. The van der Waals surface area contributed by atoms with Gasteiger partial charge in [0.25, 0.3) is 5.91 Å². The largest absolute Gasteiger partial charge is 0.349 e. The molecule has 1 unspecified atom stereocenters. The molecule has 0 radical (unpaired) electrons. The lowest BCUT2D eigenvalue weighted by molar-refractivity contribution is 0.0944. The number of aromatic nitrogens is 2. The van der Waals surface area contributed by atoms with Crippen LogP contribution < -0.4 is 11.1 Å². The molecular weight excluding hydrogens is 372 g/mol. The molecule has 1 aliphatic rings. The molecular formula is C22H33ClN4O. The summed E-state index contributed by atoms with van der Waals surface area (Å²) in [5, 5.41) is 7.53. The van der Waals surface area contributed by atoms with Gasteiger partial charge in [-0.3, -0.25) is 9.48 Å². The zero-order chi connectivity index (χ0) is 19.8. The number of hydrogen-bond acceptors (Lipinski definition) is 3. The van der Waals surface area contributed by atoms with E-state index in [1.54, 1.807) is 0 Å². The van der Waals surface area contributed by atoms with Crippen molar-refractivity contribution in [3.63, 3.8) is 0 Å². The highest BCUT2D eigenvalue weighted by Crippen LogP contribution is 2.41. The molecule has 28 heavy (non-hydrogen) atoms. The van der Waals surface area contributed by atoms with Crippen molar-refractivity contribution in [2.75, 3.05) is 6.54 Å². The van der Waals surface area contributed by atoms with Gasteiger partial charge >= 0.3 is 0 Å². The fourth-order valence-electron chi connectivity index (χ4n) is 3.25. The molecule has 3 rings (SSSR count). The minimum absolute atomic E-state index is 0. The Morgan fingerprint density at radius 2 is 1.79 bits per heavy atom. The molecule has 2 aromatic rings. The molecule has 1 aromatic heterocycles.